The van der Waals surface area contributed by atoms with Crippen LogP contribution in [0.4, 0.5) is 11.4 Å². The molecule has 0 spiro atoms. The number of halogens is 1. The van der Waals surface area contributed by atoms with Crippen molar-refractivity contribution < 1.29 is 14.5 Å². The maximum atomic E-state index is 12.1. The SMILES string of the molecule is COc1cc([N+](=O)[O-])ccc1NC(=O)CCn1nc(C)c(Br)c1C. The van der Waals surface area contributed by atoms with Crippen molar-refractivity contribution in [2.75, 3.05) is 12.4 Å². The number of aromatic nitrogens is 2. The molecular formula is C15H17BrN4O4. The minimum absolute atomic E-state index is 0.0997. The lowest BCUT2D eigenvalue weighted by molar-refractivity contribution is -0.384. The molecule has 1 amide bonds. The van der Waals surface area contributed by atoms with Crippen molar-refractivity contribution in [1.29, 1.82) is 0 Å². The Morgan fingerprint density at radius 3 is 2.71 bits per heavy atom. The molecule has 1 aromatic heterocycles. The molecule has 0 aliphatic heterocycles. The summed E-state index contributed by atoms with van der Waals surface area (Å²) in [6.07, 6.45) is 0.217. The van der Waals surface area contributed by atoms with Crippen LogP contribution in [0, 0.1) is 24.0 Å². The van der Waals surface area contributed by atoms with Gasteiger partial charge in [0.1, 0.15) is 5.75 Å². The number of benzene rings is 1. The summed E-state index contributed by atoms with van der Waals surface area (Å²) in [6.45, 7) is 4.23. The number of amides is 1. The first-order chi connectivity index (χ1) is 11.3. The maximum Gasteiger partial charge on any atom is 0.273 e. The van der Waals surface area contributed by atoms with Gasteiger partial charge in [-0.15, -0.1) is 0 Å². The number of carbonyl (C=O) groups is 1. The van der Waals surface area contributed by atoms with Crippen LogP contribution in [0.25, 0.3) is 0 Å². The molecule has 0 unspecified atom stereocenters. The number of hydrogen-bond donors (Lipinski definition) is 1. The van der Waals surface area contributed by atoms with E-state index in [1.165, 1.54) is 25.3 Å². The van der Waals surface area contributed by atoms with Crippen molar-refractivity contribution >= 4 is 33.2 Å². The highest BCUT2D eigenvalue weighted by Gasteiger charge is 2.14. The first kappa shape index (κ1) is 17.9. The van der Waals surface area contributed by atoms with Crippen LogP contribution in [-0.4, -0.2) is 27.7 Å². The van der Waals surface area contributed by atoms with Crippen LogP contribution in [-0.2, 0) is 11.3 Å². The Balaban J connectivity index is 2.04. The summed E-state index contributed by atoms with van der Waals surface area (Å²) in [7, 11) is 1.39. The molecule has 2 aromatic rings. The molecule has 8 nitrogen and oxygen atoms in total. The minimum atomic E-state index is -0.519. The van der Waals surface area contributed by atoms with Gasteiger partial charge in [-0.3, -0.25) is 19.6 Å². The van der Waals surface area contributed by atoms with E-state index in [1.54, 1.807) is 4.68 Å². The van der Waals surface area contributed by atoms with Gasteiger partial charge in [0.25, 0.3) is 5.69 Å². The third kappa shape index (κ3) is 3.91. The molecule has 2 rings (SSSR count). The number of methoxy groups -OCH3 is 1. The summed E-state index contributed by atoms with van der Waals surface area (Å²) in [5, 5.41) is 17.8. The predicted octanol–water partition coefficient (Wildman–Crippen LogP) is 3.21. The number of rotatable bonds is 6. The first-order valence-corrected chi connectivity index (χ1v) is 7.94. The fourth-order valence-electron chi connectivity index (χ4n) is 2.21. The Labute approximate surface area is 147 Å². The van der Waals surface area contributed by atoms with Crippen molar-refractivity contribution in [3.8, 4) is 5.75 Å². The number of non-ortho nitro benzene ring substituents is 1. The predicted molar refractivity (Wildman–Crippen MR) is 92.3 cm³/mol. The number of anilines is 1. The summed E-state index contributed by atoms with van der Waals surface area (Å²) >= 11 is 3.44. The van der Waals surface area contributed by atoms with Gasteiger partial charge in [0.15, 0.2) is 0 Å². The zero-order valence-electron chi connectivity index (χ0n) is 13.5. The highest BCUT2D eigenvalue weighted by atomic mass is 79.9. The summed E-state index contributed by atoms with van der Waals surface area (Å²) < 4.78 is 7.78. The lowest BCUT2D eigenvalue weighted by Crippen LogP contribution is -2.16. The number of carbonyl (C=O) groups excluding carboxylic acids is 1. The molecule has 0 fully saturated rings. The van der Waals surface area contributed by atoms with E-state index in [-0.39, 0.29) is 23.8 Å². The van der Waals surface area contributed by atoms with E-state index in [2.05, 4.69) is 26.3 Å². The quantitative estimate of drug-likeness (QED) is 0.596. The van der Waals surface area contributed by atoms with E-state index in [4.69, 9.17) is 4.74 Å². The topological polar surface area (TPSA) is 99.3 Å². The van der Waals surface area contributed by atoms with Gasteiger partial charge in [-0.1, -0.05) is 0 Å². The number of nitrogens with zero attached hydrogens (tertiary/aromatic N) is 3. The van der Waals surface area contributed by atoms with Crippen LogP contribution in [0.3, 0.4) is 0 Å². The summed E-state index contributed by atoms with van der Waals surface area (Å²) in [5.41, 5.74) is 2.11. The Bertz CT molecular complexity index is 788. The van der Waals surface area contributed by atoms with Crippen molar-refractivity contribution in [2.45, 2.75) is 26.8 Å². The zero-order valence-corrected chi connectivity index (χ0v) is 15.1. The molecule has 0 aliphatic carbocycles. The van der Waals surface area contributed by atoms with Crippen molar-refractivity contribution in [1.82, 2.24) is 9.78 Å². The van der Waals surface area contributed by atoms with Gasteiger partial charge >= 0.3 is 0 Å². The molecule has 1 aromatic carbocycles. The molecule has 0 saturated heterocycles. The molecule has 24 heavy (non-hydrogen) atoms. The lowest BCUT2D eigenvalue weighted by atomic mass is 10.2. The van der Waals surface area contributed by atoms with Gasteiger partial charge in [-0.2, -0.15) is 5.10 Å². The number of ether oxygens (including phenoxy) is 1. The molecule has 0 saturated carbocycles. The highest BCUT2D eigenvalue weighted by Crippen LogP contribution is 2.29. The fraction of sp³-hybridized carbons (Fsp3) is 0.333. The molecule has 128 valence electrons. The van der Waals surface area contributed by atoms with Gasteiger partial charge in [0.2, 0.25) is 5.91 Å². The van der Waals surface area contributed by atoms with Crippen LogP contribution in [0.1, 0.15) is 17.8 Å². The van der Waals surface area contributed by atoms with Gasteiger partial charge in [0, 0.05) is 18.2 Å². The molecule has 0 radical (unpaired) electrons. The smallest absolute Gasteiger partial charge is 0.273 e. The van der Waals surface area contributed by atoms with E-state index in [9.17, 15) is 14.9 Å². The Kier molecular flexibility index (Phi) is 5.55. The second-order valence-electron chi connectivity index (χ2n) is 5.15. The second-order valence-corrected chi connectivity index (χ2v) is 5.94. The largest absolute Gasteiger partial charge is 0.494 e. The summed E-state index contributed by atoms with van der Waals surface area (Å²) in [4.78, 5) is 22.4. The number of nitro groups is 1. The van der Waals surface area contributed by atoms with Crippen LogP contribution < -0.4 is 10.1 Å². The Morgan fingerprint density at radius 1 is 1.46 bits per heavy atom. The Hall–Kier alpha value is -2.42. The number of nitrogens with one attached hydrogen (secondary N) is 1. The molecule has 9 heteroatoms. The molecule has 1 heterocycles. The third-order valence-electron chi connectivity index (χ3n) is 3.51. The summed E-state index contributed by atoms with van der Waals surface area (Å²) in [5.74, 6) is 0.0113. The normalized spacial score (nSPS) is 10.5. The maximum absolute atomic E-state index is 12.1. The van der Waals surface area contributed by atoms with Crippen molar-refractivity contribution in [3.05, 3.63) is 44.2 Å². The zero-order chi connectivity index (χ0) is 17.9. The second kappa shape index (κ2) is 7.43. The van der Waals surface area contributed by atoms with Gasteiger partial charge < -0.3 is 10.1 Å². The average molecular weight is 397 g/mol. The van der Waals surface area contributed by atoms with Crippen LogP contribution in [0.15, 0.2) is 22.7 Å². The van der Waals surface area contributed by atoms with E-state index in [0.29, 0.717) is 12.2 Å². The van der Waals surface area contributed by atoms with E-state index in [1.807, 2.05) is 13.8 Å². The molecule has 0 bridgehead atoms. The van der Waals surface area contributed by atoms with Crippen molar-refractivity contribution in [3.63, 3.8) is 0 Å². The molecule has 0 atom stereocenters. The highest BCUT2D eigenvalue weighted by molar-refractivity contribution is 9.10. The van der Waals surface area contributed by atoms with E-state index < -0.39 is 4.92 Å². The number of nitro benzene ring substituents is 1. The number of hydrogen-bond acceptors (Lipinski definition) is 5. The van der Waals surface area contributed by atoms with Gasteiger partial charge in [-0.05, 0) is 35.8 Å². The first-order valence-electron chi connectivity index (χ1n) is 7.15. The van der Waals surface area contributed by atoms with Crippen LogP contribution in [0.2, 0.25) is 0 Å². The standard InChI is InChI=1S/C15H17BrN4O4/c1-9-15(16)10(2)19(18-9)7-6-14(21)17-12-5-4-11(20(22)23)8-13(12)24-3/h4-5,8H,6-7H2,1-3H3,(H,17,21). The number of aryl methyl sites for hydroxylation is 2. The van der Waals surface area contributed by atoms with Crippen LogP contribution >= 0.6 is 15.9 Å². The van der Waals surface area contributed by atoms with Crippen molar-refractivity contribution in [2.24, 2.45) is 0 Å². The van der Waals surface area contributed by atoms with Crippen LogP contribution in [0.5, 0.6) is 5.75 Å². The fourth-order valence-corrected chi connectivity index (χ4v) is 2.49. The molecular weight excluding hydrogens is 380 g/mol. The monoisotopic (exact) mass is 396 g/mol. The minimum Gasteiger partial charge on any atom is -0.494 e. The lowest BCUT2D eigenvalue weighted by Gasteiger charge is -2.10. The summed E-state index contributed by atoms with van der Waals surface area (Å²) in [6, 6.07) is 4.04. The average Bonchev–Trinajstić information content (AvgIpc) is 2.80. The van der Waals surface area contributed by atoms with Gasteiger partial charge in [-0.25, -0.2) is 0 Å². The van der Waals surface area contributed by atoms with Gasteiger partial charge in [0.05, 0.1) is 40.5 Å². The third-order valence-corrected chi connectivity index (χ3v) is 4.66. The molecule has 0 aliphatic rings. The Morgan fingerprint density at radius 2 is 2.17 bits per heavy atom. The molecule has 1 N–H and O–H groups in total. The van der Waals surface area contributed by atoms with E-state index in [0.717, 1.165) is 15.9 Å². The van der Waals surface area contributed by atoms with E-state index >= 15 is 0 Å².